The van der Waals surface area contributed by atoms with E-state index in [0.717, 1.165) is 56.9 Å². The van der Waals surface area contributed by atoms with Crippen LogP contribution in [0.15, 0.2) is 66.8 Å². The Morgan fingerprint density at radius 3 is 2.03 bits per heavy atom. The first-order valence-electron chi connectivity index (χ1n) is 12.0. The van der Waals surface area contributed by atoms with E-state index in [9.17, 15) is 20.1 Å². The highest BCUT2D eigenvalue weighted by Crippen LogP contribution is 2.24. The number of nitrogens with one attached hydrogen (secondary N) is 1. The number of allylic oxidation sites excluding steroid dienone is 8. The Kier molecular flexibility index (Phi) is 16.0. The number of hydrogen-bond donors (Lipinski definition) is 4. The monoisotopic (exact) mass is 455 g/mol. The van der Waals surface area contributed by atoms with Crippen molar-refractivity contribution >= 4 is 5.91 Å². The molecule has 1 rings (SSSR count). The Morgan fingerprint density at radius 2 is 1.45 bits per heavy atom. The molecule has 0 aliphatic heterocycles. The molecule has 0 fully saturated rings. The van der Waals surface area contributed by atoms with E-state index in [4.69, 9.17) is 0 Å². The van der Waals surface area contributed by atoms with Gasteiger partial charge in [-0.2, -0.15) is 0 Å². The lowest BCUT2D eigenvalue weighted by atomic mass is 10.1. The zero-order valence-corrected chi connectivity index (χ0v) is 20.0. The van der Waals surface area contributed by atoms with E-state index in [0.29, 0.717) is 19.4 Å². The van der Waals surface area contributed by atoms with E-state index in [1.807, 2.05) is 6.92 Å². The molecule has 0 unspecified atom stereocenters. The molecule has 0 saturated carbocycles. The number of rotatable bonds is 17. The second-order valence-corrected chi connectivity index (χ2v) is 8.19. The van der Waals surface area contributed by atoms with Crippen molar-refractivity contribution < 1.29 is 20.1 Å². The van der Waals surface area contributed by atoms with Crippen LogP contribution in [-0.4, -0.2) is 33.9 Å². The van der Waals surface area contributed by atoms with Gasteiger partial charge in [-0.25, -0.2) is 0 Å². The normalized spacial score (nSPS) is 13.0. The standard InChI is InChI=1S/C28H41NO4/c1-24(30)17-15-13-11-9-7-5-3-2-4-6-8-10-12-14-16-18-28(33)29-22-21-25-19-20-26(31)27(32)23-25/h3-6,9-12,19-20,23-24,30-32H,2,7-8,13-18,21-22H2,1H3,(H,29,33)/b5-3-,6-4-,11-9-,12-10-/t24-/m1/s1. The summed E-state index contributed by atoms with van der Waals surface area (Å²) in [5.41, 5.74) is 0.869. The number of aliphatic hydroxyl groups is 1. The van der Waals surface area contributed by atoms with Crippen LogP contribution in [0.5, 0.6) is 11.5 Å². The predicted octanol–water partition coefficient (Wildman–Crippen LogP) is 5.87. The minimum Gasteiger partial charge on any atom is -0.504 e. The van der Waals surface area contributed by atoms with Crippen molar-refractivity contribution in [1.29, 1.82) is 0 Å². The van der Waals surface area contributed by atoms with Gasteiger partial charge >= 0.3 is 0 Å². The number of phenols is 2. The zero-order valence-electron chi connectivity index (χ0n) is 20.0. The maximum absolute atomic E-state index is 11.9. The van der Waals surface area contributed by atoms with Crippen LogP contribution in [0.3, 0.4) is 0 Å². The lowest BCUT2D eigenvalue weighted by molar-refractivity contribution is -0.121. The third-order valence-electron chi connectivity index (χ3n) is 5.03. The lowest BCUT2D eigenvalue weighted by Gasteiger charge is -2.06. The van der Waals surface area contributed by atoms with Crippen LogP contribution in [0, 0.1) is 0 Å². The van der Waals surface area contributed by atoms with E-state index in [1.165, 1.54) is 12.1 Å². The predicted molar refractivity (Wildman–Crippen MR) is 136 cm³/mol. The highest BCUT2D eigenvalue weighted by molar-refractivity contribution is 5.75. The molecule has 0 bridgehead atoms. The van der Waals surface area contributed by atoms with Gasteiger partial charge < -0.3 is 20.6 Å². The number of aliphatic hydroxyl groups excluding tert-OH is 1. The topological polar surface area (TPSA) is 89.8 Å². The lowest BCUT2D eigenvalue weighted by Crippen LogP contribution is -2.25. The number of amides is 1. The van der Waals surface area contributed by atoms with Gasteiger partial charge in [0.15, 0.2) is 11.5 Å². The third-order valence-corrected chi connectivity index (χ3v) is 5.03. The molecule has 5 heteroatoms. The Bertz CT molecular complexity index is 778. The van der Waals surface area contributed by atoms with E-state index < -0.39 is 0 Å². The summed E-state index contributed by atoms with van der Waals surface area (Å²) in [5, 5.41) is 30.8. The maximum atomic E-state index is 11.9. The van der Waals surface area contributed by atoms with Gasteiger partial charge in [-0.05, 0) is 82.4 Å². The number of carbonyl (C=O) groups is 1. The molecule has 1 aromatic rings. The van der Waals surface area contributed by atoms with Crippen molar-refractivity contribution in [2.45, 2.75) is 77.2 Å². The summed E-state index contributed by atoms with van der Waals surface area (Å²) in [6.07, 6.45) is 25.6. The summed E-state index contributed by atoms with van der Waals surface area (Å²) in [6, 6.07) is 4.70. The summed E-state index contributed by atoms with van der Waals surface area (Å²) in [7, 11) is 0. The van der Waals surface area contributed by atoms with Crippen LogP contribution < -0.4 is 5.32 Å². The summed E-state index contributed by atoms with van der Waals surface area (Å²) >= 11 is 0. The molecule has 182 valence electrons. The van der Waals surface area contributed by atoms with Gasteiger partial charge in [-0.3, -0.25) is 4.79 Å². The molecule has 1 atom stereocenters. The van der Waals surface area contributed by atoms with Crippen molar-refractivity contribution in [3.05, 3.63) is 72.4 Å². The molecule has 0 aliphatic carbocycles. The van der Waals surface area contributed by atoms with Crippen molar-refractivity contribution in [2.24, 2.45) is 0 Å². The second-order valence-electron chi connectivity index (χ2n) is 8.19. The molecule has 0 spiro atoms. The zero-order chi connectivity index (χ0) is 24.2. The van der Waals surface area contributed by atoms with E-state index >= 15 is 0 Å². The van der Waals surface area contributed by atoms with Crippen LogP contribution in [-0.2, 0) is 11.2 Å². The van der Waals surface area contributed by atoms with Crippen molar-refractivity contribution in [3.8, 4) is 11.5 Å². The molecule has 0 aromatic heterocycles. The minimum atomic E-state index is -0.196. The number of phenolic OH excluding ortho intramolecular Hbond substituents is 2. The highest BCUT2D eigenvalue weighted by Gasteiger charge is 2.03. The smallest absolute Gasteiger partial charge is 0.220 e. The molecule has 5 nitrogen and oxygen atoms in total. The van der Waals surface area contributed by atoms with E-state index in [2.05, 4.69) is 53.9 Å². The Hall–Kier alpha value is -2.79. The van der Waals surface area contributed by atoms with Crippen LogP contribution in [0.2, 0.25) is 0 Å². The van der Waals surface area contributed by atoms with Gasteiger partial charge in [-0.1, -0.05) is 54.7 Å². The summed E-state index contributed by atoms with van der Waals surface area (Å²) in [6.45, 7) is 2.34. The fraction of sp³-hybridized carbons (Fsp3) is 0.464. The number of unbranched alkanes of at least 4 members (excludes halogenated alkanes) is 2. The Morgan fingerprint density at radius 1 is 0.879 bits per heavy atom. The quantitative estimate of drug-likeness (QED) is 0.134. The number of benzene rings is 1. The number of aromatic hydroxyl groups is 2. The molecule has 1 amide bonds. The van der Waals surface area contributed by atoms with Crippen molar-refractivity contribution in [2.75, 3.05) is 6.54 Å². The minimum absolute atomic E-state index is 0.0349. The number of carbonyl (C=O) groups excluding carboxylic acids is 1. The summed E-state index contributed by atoms with van der Waals surface area (Å²) in [4.78, 5) is 11.9. The Labute approximate surface area is 199 Å². The first-order chi connectivity index (χ1) is 16.0. The third kappa shape index (κ3) is 16.5. The largest absolute Gasteiger partial charge is 0.504 e. The molecule has 0 saturated heterocycles. The highest BCUT2D eigenvalue weighted by atomic mass is 16.3. The first-order valence-corrected chi connectivity index (χ1v) is 12.0. The van der Waals surface area contributed by atoms with Crippen LogP contribution in [0.4, 0.5) is 0 Å². The first kappa shape index (κ1) is 28.2. The van der Waals surface area contributed by atoms with Gasteiger partial charge in [0.25, 0.3) is 0 Å². The molecule has 33 heavy (non-hydrogen) atoms. The fourth-order valence-electron chi connectivity index (χ4n) is 3.12. The molecule has 0 heterocycles. The van der Waals surface area contributed by atoms with Gasteiger partial charge in [-0.15, -0.1) is 0 Å². The average Bonchev–Trinajstić information content (AvgIpc) is 2.78. The Balaban J connectivity index is 1.97. The maximum Gasteiger partial charge on any atom is 0.220 e. The SMILES string of the molecule is C[C@@H](O)CCC/C=C\C/C=C\C/C=C\C/C=C\CCCC(=O)NCCc1ccc(O)c(O)c1. The van der Waals surface area contributed by atoms with Crippen LogP contribution in [0.25, 0.3) is 0 Å². The van der Waals surface area contributed by atoms with Crippen LogP contribution >= 0.6 is 0 Å². The van der Waals surface area contributed by atoms with Crippen molar-refractivity contribution in [3.63, 3.8) is 0 Å². The summed E-state index contributed by atoms with van der Waals surface area (Å²) in [5.74, 6) is -0.239. The molecule has 0 radical (unpaired) electrons. The van der Waals surface area contributed by atoms with E-state index in [1.54, 1.807) is 6.07 Å². The molecule has 1 aromatic carbocycles. The fourth-order valence-corrected chi connectivity index (χ4v) is 3.12. The van der Waals surface area contributed by atoms with E-state index in [-0.39, 0.29) is 23.5 Å². The van der Waals surface area contributed by atoms with Crippen LogP contribution in [0.1, 0.15) is 70.3 Å². The molecule has 0 aliphatic rings. The second kappa shape index (κ2) is 18.8. The molecular weight excluding hydrogens is 414 g/mol. The number of hydrogen-bond acceptors (Lipinski definition) is 4. The van der Waals surface area contributed by atoms with Gasteiger partial charge in [0.1, 0.15) is 0 Å². The van der Waals surface area contributed by atoms with Gasteiger partial charge in [0, 0.05) is 13.0 Å². The van der Waals surface area contributed by atoms with Gasteiger partial charge in [0.2, 0.25) is 5.91 Å². The van der Waals surface area contributed by atoms with Crippen molar-refractivity contribution in [1.82, 2.24) is 5.32 Å². The molecular formula is C28H41NO4. The van der Waals surface area contributed by atoms with Gasteiger partial charge in [0.05, 0.1) is 6.10 Å². The average molecular weight is 456 g/mol. The summed E-state index contributed by atoms with van der Waals surface area (Å²) < 4.78 is 0. The molecule has 4 N–H and O–H groups in total.